The Morgan fingerprint density at radius 3 is 2.44 bits per heavy atom. The lowest BCUT2D eigenvalue weighted by atomic mass is 10.2. The van der Waals surface area contributed by atoms with Crippen LogP contribution in [-0.2, 0) is 0 Å². The Morgan fingerprint density at radius 2 is 1.76 bits per heavy atom. The van der Waals surface area contributed by atoms with Crippen molar-refractivity contribution in [2.75, 3.05) is 31.1 Å². The van der Waals surface area contributed by atoms with Crippen molar-refractivity contribution in [2.24, 2.45) is 0 Å². The van der Waals surface area contributed by atoms with Crippen LogP contribution in [0.3, 0.4) is 0 Å². The van der Waals surface area contributed by atoms with E-state index in [1.54, 1.807) is 22.8 Å². The minimum Gasteiger partial charge on any atom is -0.465 e. The number of nitrogens with zero attached hydrogens (tertiary/aromatic N) is 5. The van der Waals surface area contributed by atoms with Gasteiger partial charge in [0.05, 0.1) is 11.9 Å². The van der Waals surface area contributed by atoms with Gasteiger partial charge in [-0.15, -0.1) is 5.10 Å². The topological polar surface area (TPSA) is 74.0 Å². The summed E-state index contributed by atoms with van der Waals surface area (Å²) in [6.07, 6.45) is 0.918. The van der Waals surface area contributed by atoms with E-state index < -0.39 is 6.09 Å². The minimum absolute atomic E-state index is 0.284. The maximum atomic E-state index is 13.1. The van der Waals surface area contributed by atoms with Gasteiger partial charge in [0.25, 0.3) is 0 Å². The number of anilines is 1. The molecule has 0 saturated carbocycles. The number of rotatable bonds is 2. The van der Waals surface area contributed by atoms with Gasteiger partial charge in [-0.1, -0.05) is 0 Å². The van der Waals surface area contributed by atoms with Crippen LogP contribution in [0.4, 0.5) is 15.0 Å². The predicted molar refractivity (Wildman–Crippen MR) is 90.2 cm³/mol. The highest BCUT2D eigenvalue weighted by Crippen LogP contribution is 2.21. The summed E-state index contributed by atoms with van der Waals surface area (Å²) in [5, 5.41) is 13.6. The van der Waals surface area contributed by atoms with Gasteiger partial charge in [0.1, 0.15) is 11.6 Å². The van der Waals surface area contributed by atoms with Crippen LogP contribution in [0.2, 0.25) is 0 Å². The molecule has 1 saturated heterocycles. The Bertz CT molecular complexity index is 916. The summed E-state index contributed by atoms with van der Waals surface area (Å²) >= 11 is 0. The quantitative estimate of drug-likeness (QED) is 0.774. The number of hydrogen-bond acceptors (Lipinski definition) is 4. The standard InChI is InChI=1S/C17H16FN5O2/c18-13-3-1-12(2-4-13)14-11-23-15(19-14)5-6-16(20-23)21-7-9-22(10-8-21)17(24)25/h1-6,11H,7-10H2,(H,24,25). The van der Waals surface area contributed by atoms with Crippen LogP contribution in [-0.4, -0.2) is 56.9 Å². The van der Waals surface area contributed by atoms with Crippen molar-refractivity contribution in [2.45, 2.75) is 0 Å². The fourth-order valence-electron chi connectivity index (χ4n) is 2.93. The Hall–Kier alpha value is -3.16. The molecule has 1 amide bonds. The first-order chi connectivity index (χ1) is 12.1. The van der Waals surface area contributed by atoms with Crippen LogP contribution in [0.5, 0.6) is 0 Å². The third-order valence-corrected chi connectivity index (χ3v) is 4.32. The Morgan fingerprint density at radius 1 is 1.04 bits per heavy atom. The summed E-state index contributed by atoms with van der Waals surface area (Å²) in [5.41, 5.74) is 2.25. The largest absolute Gasteiger partial charge is 0.465 e. The van der Waals surface area contributed by atoms with Crippen molar-refractivity contribution < 1.29 is 14.3 Å². The molecule has 128 valence electrons. The average Bonchev–Trinajstić information content (AvgIpc) is 3.05. The molecule has 0 aliphatic carbocycles. The van der Waals surface area contributed by atoms with Gasteiger partial charge in [-0.2, -0.15) is 0 Å². The first-order valence-electron chi connectivity index (χ1n) is 7.95. The SMILES string of the molecule is O=C(O)N1CCN(c2ccc3nc(-c4ccc(F)cc4)cn3n2)CC1. The number of amides is 1. The second kappa shape index (κ2) is 6.04. The highest BCUT2D eigenvalue weighted by molar-refractivity contribution is 5.65. The van der Waals surface area contributed by atoms with E-state index in [9.17, 15) is 9.18 Å². The van der Waals surface area contributed by atoms with Crippen LogP contribution in [0.15, 0.2) is 42.6 Å². The number of aromatic nitrogens is 3. The summed E-state index contributed by atoms with van der Waals surface area (Å²) in [6, 6.07) is 9.93. The summed E-state index contributed by atoms with van der Waals surface area (Å²) in [4.78, 5) is 18.9. The number of imidazole rings is 1. The fraction of sp³-hybridized carbons (Fsp3) is 0.235. The van der Waals surface area contributed by atoms with Gasteiger partial charge in [0, 0.05) is 31.7 Å². The molecule has 2 aromatic heterocycles. The third kappa shape index (κ3) is 2.98. The Kier molecular flexibility index (Phi) is 3.72. The highest BCUT2D eigenvalue weighted by Gasteiger charge is 2.21. The van der Waals surface area contributed by atoms with Crippen LogP contribution < -0.4 is 4.90 Å². The normalized spacial score (nSPS) is 14.9. The van der Waals surface area contributed by atoms with Crippen LogP contribution >= 0.6 is 0 Å². The van der Waals surface area contributed by atoms with Crippen LogP contribution in [0, 0.1) is 5.82 Å². The third-order valence-electron chi connectivity index (χ3n) is 4.32. The molecule has 0 bridgehead atoms. The first-order valence-corrected chi connectivity index (χ1v) is 7.95. The molecule has 3 heterocycles. The molecule has 3 aromatic rings. The second-order valence-electron chi connectivity index (χ2n) is 5.88. The molecule has 1 aromatic carbocycles. The Balaban J connectivity index is 1.58. The molecule has 25 heavy (non-hydrogen) atoms. The van der Waals surface area contributed by atoms with E-state index in [0.717, 1.165) is 17.1 Å². The Labute approximate surface area is 142 Å². The molecular formula is C17H16FN5O2. The molecule has 0 atom stereocenters. The molecule has 0 spiro atoms. The number of carbonyl (C=O) groups is 1. The number of benzene rings is 1. The van der Waals surface area contributed by atoms with E-state index in [-0.39, 0.29) is 5.82 Å². The van der Waals surface area contributed by atoms with Gasteiger partial charge < -0.3 is 14.9 Å². The van der Waals surface area contributed by atoms with Gasteiger partial charge in [-0.25, -0.2) is 18.7 Å². The van der Waals surface area contributed by atoms with E-state index in [0.29, 0.717) is 31.8 Å². The lowest BCUT2D eigenvalue weighted by Gasteiger charge is -2.33. The number of fused-ring (bicyclic) bond motifs is 1. The van der Waals surface area contributed by atoms with E-state index in [2.05, 4.69) is 15.0 Å². The number of piperazine rings is 1. The molecular weight excluding hydrogens is 325 g/mol. The molecule has 0 radical (unpaired) electrons. The monoisotopic (exact) mass is 341 g/mol. The summed E-state index contributed by atoms with van der Waals surface area (Å²) < 4.78 is 14.8. The summed E-state index contributed by atoms with van der Waals surface area (Å²) in [7, 11) is 0. The van der Waals surface area contributed by atoms with Crippen molar-refractivity contribution in [3.63, 3.8) is 0 Å². The summed E-state index contributed by atoms with van der Waals surface area (Å²) in [5.74, 6) is 0.494. The maximum Gasteiger partial charge on any atom is 0.407 e. The van der Waals surface area contributed by atoms with Crippen LogP contribution in [0.1, 0.15) is 0 Å². The number of hydrogen-bond donors (Lipinski definition) is 1. The molecule has 1 aliphatic heterocycles. The molecule has 4 rings (SSSR count). The molecule has 0 unspecified atom stereocenters. The zero-order valence-corrected chi connectivity index (χ0v) is 13.3. The van der Waals surface area contributed by atoms with Crippen molar-refractivity contribution in [3.05, 3.63) is 48.4 Å². The lowest BCUT2D eigenvalue weighted by Crippen LogP contribution is -2.48. The van der Waals surface area contributed by atoms with Gasteiger partial charge >= 0.3 is 6.09 Å². The molecule has 1 fully saturated rings. The van der Waals surface area contributed by atoms with Crippen molar-refractivity contribution in [3.8, 4) is 11.3 Å². The molecule has 7 nitrogen and oxygen atoms in total. The number of halogens is 1. The minimum atomic E-state index is -0.887. The molecule has 8 heteroatoms. The maximum absolute atomic E-state index is 13.1. The van der Waals surface area contributed by atoms with E-state index in [4.69, 9.17) is 5.11 Å². The van der Waals surface area contributed by atoms with Crippen molar-refractivity contribution >= 4 is 17.6 Å². The van der Waals surface area contributed by atoms with E-state index in [1.165, 1.54) is 17.0 Å². The highest BCUT2D eigenvalue weighted by atomic mass is 19.1. The van der Waals surface area contributed by atoms with Crippen LogP contribution in [0.25, 0.3) is 16.9 Å². The lowest BCUT2D eigenvalue weighted by molar-refractivity contribution is 0.142. The molecule has 1 aliphatic rings. The van der Waals surface area contributed by atoms with E-state index >= 15 is 0 Å². The van der Waals surface area contributed by atoms with Gasteiger partial charge in [-0.3, -0.25) is 0 Å². The zero-order valence-electron chi connectivity index (χ0n) is 13.3. The van der Waals surface area contributed by atoms with Gasteiger partial charge in [0.2, 0.25) is 0 Å². The smallest absolute Gasteiger partial charge is 0.407 e. The van der Waals surface area contributed by atoms with Crippen molar-refractivity contribution in [1.82, 2.24) is 19.5 Å². The summed E-state index contributed by atoms with van der Waals surface area (Å²) in [6.45, 7) is 2.12. The number of carboxylic acid groups (broad SMARTS) is 1. The average molecular weight is 341 g/mol. The molecule has 1 N–H and O–H groups in total. The fourth-order valence-corrected chi connectivity index (χ4v) is 2.93. The zero-order chi connectivity index (χ0) is 17.4. The van der Waals surface area contributed by atoms with Gasteiger partial charge in [-0.05, 0) is 36.4 Å². The predicted octanol–water partition coefficient (Wildman–Crippen LogP) is 2.34. The van der Waals surface area contributed by atoms with Gasteiger partial charge in [0.15, 0.2) is 5.65 Å². The van der Waals surface area contributed by atoms with Crippen molar-refractivity contribution in [1.29, 1.82) is 0 Å². The first kappa shape index (κ1) is 15.4. The second-order valence-corrected chi connectivity index (χ2v) is 5.88. The van der Waals surface area contributed by atoms with E-state index in [1.807, 2.05) is 12.1 Å².